The van der Waals surface area contributed by atoms with Crippen LogP contribution in [0.5, 0.6) is 5.75 Å². The summed E-state index contributed by atoms with van der Waals surface area (Å²) in [6, 6.07) is 3.90. The first kappa shape index (κ1) is 24.4. The van der Waals surface area contributed by atoms with Gasteiger partial charge in [-0.15, -0.1) is 0 Å². The van der Waals surface area contributed by atoms with E-state index in [1.54, 1.807) is 13.2 Å². The maximum atomic E-state index is 12.7. The number of benzene rings is 1. The van der Waals surface area contributed by atoms with E-state index >= 15 is 0 Å². The number of pyridine rings is 1. The quantitative estimate of drug-likeness (QED) is 0.732. The summed E-state index contributed by atoms with van der Waals surface area (Å²) >= 11 is 0. The van der Waals surface area contributed by atoms with Crippen LogP contribution in [-0.2, 0) is 0 Å². The van der Waals surface area contributed by atoms with Gasteiger partial charge in [-0.1, -0.05) is 0 Å². The number of nitrogens with zero attached hydrogens (tertiary/aromatic N) is 2. The van der Waals surface area contributed by atoms with Crippen LogP contribution in [0.3, 0.4) is 0 Å². The van der Waals surface area contributed by atoms with E-state index in [1.807, 2.05) is 10.6 Å². The van der Waals surface area contributed by atoms with E-state index in [9.17, 15) is 14.7 Å². The monoisotopic (exact) mass is 411 g/mol. The first-order valence-electron chi connectivity index (χ1n) is 9.01. The van der Waals surface area contributed by atoms with E-state index in [1.165, 1.54) is 6.20 Å². The van der Waals surface area contributed by atoms with E-state index in [2.05, 4.69) is 4.90 Å². The molecule has 1 atom stereocenters. The van der Waals surface area contributed by atoms with Crippen molar-refractivity contribution in [2.24, 2.45) is 5.73 Å². The minimum absolute atomic E-state index is 0. The van der Waals surface area contributed by atoms with Crippen molar-refractivity contribution in [3.63, 3.8) is 0 Å². The molecule has 0 spiro atoms. The highest BCUT2D eigenvalue weighted by atomic mass is 19.0. The van der Waals surface area contributed by atoms with Gasteiger partial charge in [0.15, 0.2) is 5.75 Å². The van der Waals surface area contributed by atoms with Crippen molar-refractivity contribution >= 4 is 31.0 Å². The molecule has 1 unspecified atom stereocenters. The number of carboxylic acids is 1. The van der Waals surface area contributed by atoms with Gasteiger partial charge in [0.05, 0.1) is 32.1 Å². The average Bonchev–Trinajstić information content (AvgIpc) is 3.46. The van der Waals surface area contributed by atoms with Crippen LogP contribution in [0.4, 0.5) is 15.1 Å². The largest absolute Gasteiger partial charge is 0.492 e. The zero-order chi connectivity index (χ0) is 18.4. The Morgan fingerprint density at radius 3 is 2.48 bits per heavy atom. The van der Waals surface area contributed by atoms with Gasteiger partial charge in [0, 0.05) is 31.4 Å². The highest BCUT2D eigenvalue weighted by Crippen LogP contribution is 2.42. The average molecular weight is 411 g/mol. The maximum absolute atomic E-state index is 12.7. The third kappa shape index (κ3) is 4.22. The molecule has 29 heavy (non-hydrogen) atoms. The lowest BCUT2D eigenvalue weighted by Crippen LogP contribution is -2.43. The molecule has 0 amide bonds. The second-order valence-electron chi connectivity index (χ2n) is 7.18. The summed E-state index contributed by atoms with van der Waals surface area (Å²) < 4.78 is 7.64. The van der Waals surface area contributed by atoms with Gasteiger partial charge in [-0.3, -0.25) is 14.2 Å². The first-order valence-corrected chi connectivity index (χ1v) is 9.01. The summed E-state index contributed by atoms with van der Waals surface area (Å²) in [7, 11) is 1.59. The molecular weight excluding hydrogens is 383 g/mol. The fourth-order valence-electron chi connectivity index (χ4n) is 3.88. The van der Waals surface area contributed by atoms with Gasteiger partial charge in [-0.05, 0) is 37.8 Å². The molecule has 160 valence electrons. The minimum atomic E-state index is -1.20. The van der Waals surface area contributed by atoms with E-state index < -0.39 is 11.4 Å². The van der Waals surface area contributed by atoms with Crippen LogP contribution >= 0.6 is 0 Å². The molecule has 1 saturated carbocycles. The number of hydrogen-bond acceptors (Lipinski definition) is 5. The smallest absolute Gasteiger partial charge is 0.341 e. The third-order valence-electron chi connectivity index (χ3n) is 5.30. The molecule has 2 aliphatic rings. The molecule has 1 saturated heterocycles. The number of carboxylic acid groups (broad SMARTS) is 1. The Hall–Kier alpha value is -2.62. The zero-order valence-corrected chi connectivity index (χ0v) is 15.6. The number of fused-ring (bicyclic) bond motifs is 1. The lowest BCUT2D eigenvalue weighted by atomic mass is 10.0. The van der Waals surface area contributed by atoms with Gasteiger partial charge in [0.25, 0.3) is 0 Å². The lowest BCUT2D eigenvalue weighted by Gasteiger charge is -2.34. The number of rotatable bonds is 4. The second-order valence-corrected chi connectivity index (χ2v) is 7.18. The fourth-order valence-corrected chi connectivity index (χ4v) is 3.88. The van der Waals surface area contributed by atoms with Gasteiger partial charge in [0.1, 0.15) is 5.56 Å². The van der Waals surface area contributed by atoms with E-state index in [4.69, 9.17) is 10.5 Å². The lowest BCUT2D eigenvalue weighted by molar-refractivity contribution is 0.0695. The Balaban J connectivity index is 0.00000140. The number of hydrogen-bond donors (Lipinski definition) is 2. The highest BCUT2D eigenvalue weighted by molar-refractivity contribution is 5.97. The van der Waals surface area contributed by atoms with Gasteiger partial charge in [-0.25, -0.2) is 4.79 Å². The van der Waals surface area contributed by atoms with Gasteiger partial charge in [0.2, 0.25) is 5.43 Å². The highest BCUT2D eigenvalue weighted by Gasteiger charge is 2.30. The van der Waals surface area contributed by atoms with Crippen molar-refractivity contribution in [3.8, 4) is 5.75 Å². The zero-order valence-electron chi connectivity index (χ0n) is 15.6. The summed E-state index contributed by atoms with van der Waals surface area (Å²) in [4.78, 5) is 26.4. The van der Waals surface area contributed by atoms with Crippen LogP contribution in [-0.4, -0.2) is 50.3 Å². The topological polar surface area (TPSA) is 97.8 Å². The Morgan fingerprint density at radius 2 is 1.93 bits per heavy atom. The maximum Gasteiger partial charge on any atom is 0.341 e. The summed E-state index contributed by atoms with van der Waals surface area (Å²) in [6.45, 7) is 1.62. The molecule has 2 aromatic rings. The number of aromatic nitrogens is 1. The number of aromatic carboxylic acids is 1. The Morgan fingerprint density at radius 1 is 1.24 bits per heavy atom. The summed E-state index contributed by atoms with van der Waals surface area (Å²) in [5.41, 5.74) is 7.06. The number of piperidine rings is 1. The molecule has 3 N–H and O–H groups in total. The number of halogens is 2. The van der Waals surface area contributed by atoms with Crippen LogP contribution < -0.4 is 20.8 Å². The summed E-state index contributed by atoms with van der Waals surface area (Å²) in [5.74, 6) is -0.575. The predicted octanol–water partition coefficient (Wildman–Crippen LogP) is 1.09. The first-order chi connectivity index (χ1) is 12.5. The van der Waals surface area contributed by atoms with Crippen LogP contribution in [0.2, 0.25) is 0 Å². The van der Waals surface area contributed by atoms with Crippen molar-refractivity contribution in [1.82, 2.24) is 4.57 Å². The van der Waals surface area contributed by atoms with Gasteiger partial charge >= 0.3 is 5.97 Å². The van der Waals surface area contributed by atoms with Crippen LogP contribution in [0.15, 0.2) is 23.1 Å². The molecule has 0 radical (unpaired) electrons. The standard InChI is InChI=1S/C19H23N3O4.BH3.2FH/c1-26-18-15(21-8-2-3-11(20)9-21)7-6-13-16(18)22(12-4-5-12)10-14(17(13)23)19(24)25;;;/h6-7,10-12H,2-5,8-9,20H2,1H3,(H,24,25);1H3;2*1H. The molecule has 7 nitrogen and oxygen atoms in total. The molecule has 2 fully saturated rings. The molecule has 0 bridgehead atoms. The SMILES string of the molecule is B.COc1c(N2CCCC(N)C2)ccc2c(=O)c(C(=O)O)cn(C3CC3)c12.F.F. The number of carbonyl (C=O) groups is 1. The number of nitrogens with two attached hydrogens (primary N) is 1. The molecule has 4 rings (SSSR count). The Bertz CT molecular complexity index is 949. The normalized spacial score (nSPS) is 18.3. The van der Waals surface area contributed by atoms with Gasteiger partial charge < -0.3 is 25.0 Å². The summed E-state index contributed by atoms with van der Waals surface area (Å²) in [6.07, 6.45) is 5.42. The van der Waals surface area contributed by atoms with Crippen molar-refractivity contribution in [3.05, 3.63) is 34.1 Å². The van der Waals surface area contributed by atoms with Crippen LogP contribution in [0, 0.1) is 0 Å². The van der Waals surface area contributed by atoms with Crippen molar-refractivity contribution < 1.29 is 24.0 Å². The van der Waals surface area contributed by atoms with Crippen molar-refractivity contribution in [2.75, 3.05) is 25.1 Å². The van der Waals surface area contributed by atoms with Gasteiger partial charge in [-0.2, -0.15) is 0 Å². The predicted molar refractivity (Wildman–Crippen MR) is 114 cm³/mol. The molecule has 10 heteroatoms. The third-order valence-corrected chi connectivity index (χ3v) is 5.30. The molecule has 1 aromatic heterocycles. The molecule has 1 aromatic carbocycles. The Labute approximate surface area is 168 Å². The Kier molecular flexibility index (Phi) is 7.79. The number of anilines is 1. The van der Waals surface area contributed by atoms with E-state index in [0.29, 0.717) is 16.7 Å². The van der Waals surface area contributed by atoms with Crippen molar-refractivity contribution in [2.45, 2.75) is 37.8 Å². The van der Waals surface area contributed by atoms with E-state index in [-0.39, 0.29) is 35.5 Å². The minimum Gasteiger partial charge on any atom is -0.492 e. The fraction of sp³-hybridized carbons (Fsp3) is 0.474. The molecule has 2 heterocycles. The van der Waals surface area contributed by atoms with Crippen LogP contribution in [0.25, 0.3) is 10.9 Å². The number of ether oxygens (including phenoxy) is 1. The number of methoxy groups -OCH3 is 1. The van der Waals surface area contributed by atoms with Crippen molar-refractivity contribution in [1.29, 1.82) is 0 Å². The molecule has 1 aliphatic heterocycles. The van der Waals surface area contributed by atoms with E-state index in [0.717, 1.165) is 44.5 Å². The van der Waals surface area contributed by atoms with Crippen LogP contribution in [0.1, 0.15) is 42.1 Å². The second kappa shape index (κ2) is 9.26. The molecule has 1 aliphatic carbocycles. The summed E-state index contributed by atoms with van der Waals surface area (Å²) in [5, 5.41) is 9.79. The molecular formula is C19H28BF2N3O4.